The molecule has 3 unspecified atom stereocenters. The van der Waals surface area contributed by atoms with Crippen molar-refractivity contribution in [3.05, 3.63) is 48.6 Å². The van der Waals surface area contributed by atoms with E-state index in [0.717, 1.165) is 6.42 Å². The van der Waals surface area contributed by atoms with E-state index >= 15 is 0 Å². The average molecular weight is 373 g/mol. The van der Waals surface area contributed by atoms with Crippen LogP contribution in [0.5, 0.6) is 0 Å². The Morgan fingerprint density at radius 2 is 1.75 bits per heavy atom. The standard InChI is InChI=1S/C17H28N2O3Si.ClH/c1-5-14(13-9-7-6-8-10-13)15-11-17(15,12-16(18)19)23(20-2,21-3)22-4;/h5-10,14-16H,1,11-12,18-19H2,2-4H3;1H. The first-order chi connectivity index (χ1) is 11.0. The highest BCUT2D eigenvalue weighted by atomic mass is 35.5. The van der Waals surface area contributed by atoms with E-state index in [0.29, 0.717) is 12.3 Å². The van der Waals surface area contributed by atoms with E-state index in [4.69, 9.17) is 24.7 Å². The number of allylic oxidation sites excluding steroid dienone is 1. The fraction of sp³-hybridized carbons (Fsp3) is 0.529. The van der Waals surface area contributed by atoms with Crippen LogP contribution in [0.15, 0.2) is 43.0 Å². The molecule has 1 saturated carbocycles. The second-order valence-electron chi connectivity index (χ2n) is 6.18. The minimum atomic E-state index is -2.88. The third kappa shape index (κ3) is 3.60. The maximum absolute atomic E-state index is 5.93. The smallest absolute Gasteiger partial charge is 0.376 e. The van der Waals surface area contributed by atoms with Gasteiger partial charge in [0.2, 0.25) is 0 Å². The van der Waals surface area contributed by atoms with Crippen molar-refractivity contribution < 1.29 is 13.3 Å². The summed E-state index contributed by atoms with van der Waals surface area (Å²) in [5.74, 6) is 0.491. The van der Waals surface area contributed by atoms with Gasteiger partial charge in [0.05, 0.1) is 6.17 Å². The summed E-state index contributed by atoms with van der Waals surface area (Å²) in [5.41, 5.74) is 13.1. The molecule has 1 aromatic rings. The molecule has 2 rings (SSSR count). The third-order valence-electron chi connectivity index (χ3n) is 5.02. The molecule has 5 nitrogen and oxygen atoms in total. The molecule has 0 aromatic heterocycles. The topological polar surface area (TPSA) is 79.7 Å². The first kappa shape index (κ1) is 21.3. The number of rotatable bonds is 9. The van der Waals surface area contributed by atoms with Crippen LogP contribution >= 0.6 is 12.4 Å². The second kappa shape index (κ2) is 8.58. The molecule has 0 spiro atoms. The Labute approximate surface area is 152 Å². The summed E-state index contributed by atoms with van der Waals surface area (Å²) >= 11 is 0. The molecule has 7 heteroatoms. The van der Waals surface area contributed by atoms with Gasteiger partial charge in [-0.25, -0.2) is 0 Å². The van der Waals surface area contributed by atoms with Crippen LogP contribution in [-0.2, 0) is 13.3 Å². The molecular formula is C17H29ClN2O3Si. The highest BCUT2D eigenvalue weighted by Crippen LogP contribution is 2.72. The van der Waals surface area contributed by atoms with Crippen LogP contribution in [0.2, 0.25) is 5.04 Å². The summed E-state index contributed by atoms with van der Waals surface area (Å²) in [6, 6.07) is 10.3. The van der Waals surface area contributed by atoms with Gasteiger partial charge in [0.1, 0.15) is 0 Å². The lowest BCUT2D eigenvalue weighted by molar-refractivity contribution is 0.101. The molecule has 0 aliphatic heterocycles. The van der Waals surface area contributed by atoms with E-state index in [1.165, 1.54) is 5.56 Å². The Hall–Kier alpha value is -0.733. The highest BCUT2D eigenvalue weighted by molar-refractivity contribution is 6.65. The average Bonchev–Trinajstić information content (AvgIpc) is 3.25. The fourth-order valence-corrected chi connectivity index (χ4v) is 7.31. The van der Waals surface area contributed by atoms with Crippen molar-refractivity contribution in [3.63, 3.8) is 0 Å². The Balaban J connectivity index is 0.00000288. The number of benzene rings is 1. The summed E-state index contributed by atoms with van der Waals surface area (Å²) in [5, 5.41) is -0.270. The van der Waals surface area contributed by atoms with E-state index in [-0.39, 0.29) is 23.4 Å². The zero-order valence-corrected chi connectivity index (χ0v) is 16.4. The largest absolute Gasteiger partial charge is 0.507 e. The quantitative estimate of drug-likeness (QED) is 0.395. The molecule has 1 aliphatic carbocycles. The van der Waals surface area contributed by atoms with E-state index in [1.54, 1.807) is 21.3 Å². The summed E-state index contributed by atoms with van der Waals surface area (Å²) in [7, 11) is 2.05. The lowest BCUT2D eigenvalue weighted by Crippen LogP contribution is -2.52. The van der Waals surface area contributed by atoms with E-state index in [2.05, 4.69) is 18.7 Å². The molecular weight excluding hydrogens is 344 g/mol. The first-order valence-corrected chi connectivity index (χ1v) is 9.57. The minimum absolute atomic E-state index is 0. The van der Waals surface area contributed by atoms with Crippen LogP contribution in [0.25, 0.3) is 0 Å². The molecule has 0 amide bonds. The molecule has 0 bridgehead atoms. The van der Waals surface area contributed by atoms with Gasteiger partial charge in [-0.15, -0.1) is 19.0 Å². The van der Waals surface area contributed by atoms with Gasteiger partial charge >= 0.3 is 8.80 Å². The van der Waals surface area contributed by atoms with Crippen LogP contribution in [0.3, 0.4) is 0 Å². The molecule has 0 radical (unpaired) electrons. The minimum Gasteiger partial charge on any atom is -0.376 e. The molecule has 1 aliphatic rings. The van der Waals surface area contributed by atoms with Gasteiger partial charge < -0.3 is 24.7 Å². The van der Waals surface area contributed by atoms with Crippen LogP contribution in [0, 0.1) is 5.92 Å². The van der Waals surface area contributed by atoms with Crippen LogP contribution in [0.1, 0.15) is 24.3 Å². The Bertz CT molecular complexity index is 520. The molecule has 4 N–H and O–H groups in total. The van der Waals surface area contributed by atoms with Crippen molar-refractivity contribution in [1.29, 1.82) is 0 Å². The summed E-state index contributed by atoms with van der Waals surface area (Å²) in [6.45, 7) is 4.03. The number of hydrogen-bond acceptors (Lipinski definition) is 5. The van der Waals surface area contributed by atoms with Gasteiger partial charge in [-0.3, -0.25) is 0 Å². The Kier molecular flexibility index (Phi) is 7.62. The van der Waals surface area contributed by atoms with Crippen molar-refractivity contribution in [2.45, 2.75) is 30.0 Å². The van der Waals surface area contributed by atoms with Gasteiger partial charge in [0.25, 0.3) is 0 Å². The maximum Gasteiger partial charge on any atom is 0.507 e. The molecule has 0 saturated heterocycles. The maximum atomic E-state index is 5.93. The van der Waals surface area contributed by atoms with Gasteiger partial charge in [-0.05, 0) is 24.3 Å². The Morgan fingerprint density at radius 1 is 1.21 bits per heavy atom. The van der Waals surface area contributed by atoms with E-state index in [9.17, 15) is 0 Å². The molecule has 136 valence electrons. The molecule has 1 aromatic carbocycles. The van der Waals surface area contributed by atoms with Gasteiger partial charge in [-0.2, -0.15) is 0 Å². The second-order valence-corrected chi connectivity index (χ2v) is 9.51. The van der Waals surface area contributed by atoms with Crippen molar-refractivity contribution in [1.82, 2.24) is 0 Å². The molecule has 1 fully saturated rings. The Morgan fingerprint density at radius 3 is 2.17 bits per heavy atom. The zero-order chi connectivity index (χ0) is 17.1. The normalized spacial score (nSPS) is 24.3. The van der Waals surface area contributed by atoms with Crippen molar-refractivity contribution >= 4 is 21.2 Å². The van der Waals surface area contributed by atoms with Crippen LogP contribution in [0.4, 0.5) is 0 Å². The first-order valence-electron chi connectivity index (χ1n) is 7.84. The number of halogens is 1. The van der Waals surface area contributed by atoms with Gasteiger partial charge in [0, 0.05) is 32.3 Å². The molecule has 3 atom stereocenters. The van der Waals surface area contributed by atoms with Crippen molar-refractivity contribution in [2.75, 3.05) is 21.3 Å². The van der Waals surface area contributed by atoms with E-state index in [1.807, 2.05) is 24.3 Å². The monoisotopic (exact) mass is 372 g/mol. The lowest BCUT2D eigenvalue weighted by Gasteiger charge is -2.35. The molecule has 0 heterocycles. The van der Waals surface area contributed by atoms with Crippen molar-refractivity contribution in [3.8, 4) is 0 Å². The summed E-state index contributed by atoms with van der Waals surface area (Å²) in [4.78, 5) is 0. The summed E-state index contributed by atoms with van der Waals surface area (Å²) < 4.78 is 17.3. The molecule has 24 heavy (non-hydrogen) atoms. The van der Waals surface area contributed by atoms with Crippen LogP contribution in [-0.4, -0.2) is 36.3 Å². The number of hydrogen-bond donors (Lipinski definition) is 2. The number of nitrogens with two attached hydrogens (primary N) is 2. The van der Waals surface area contributed by atoms with Crippen molar-refractivity contribution in [2.24, 2.45) is 17.4 Å². The third-order valence-corrected chi connectivity index (χ3v) is 8.63. The predicted octanol–water partition coefficient (Wildman–Crippen LogP) is 2.65. The zero-order valence-electron chi connectivity index (χ0n) is 14.6. The highest BCUT2D eigenvalue weighted by Gasteiger charge is 2.74. The van der Waals surface area contributed by atoms with E-state index < -0.39 is 15.0 Å². The van der Waals surface area contributed by atoms with Gasteiger partial charge in [0.15, 0.2) is 0 Å². The summed E-state index contributed by atoms with van der Waals surface area (Å²) in [6.07, 6.45) is 3.07. The predicted molar refractivity (Wildman–Crippen MR) is 101 cm³/mol. The van der Waals surface area contributed by atoms with Gasteiger partial charge in [-0.1, -0.05) is 36.4 Å². The fourth-order valence-electron chi connectivity index (χ4n) is 4.00. The SMILES string of the molecule is C=CC(c1ccccc1)C1CC1(CC(N)N)[Si](OC)(OC)OC.Cl. The lowest BCUT2D eigenvalue weighted by atomic mass is 9.92. The van der Waals surface area contributed by atoms with Crippen LogP contribution < -0.4 is 11.5 Å².